The Kier molecular flexibility index (Phi) is 7.98. The van der Waals surface area contributed by atoms with Crippen molar-refractivity contribution in [1.29, 1.82) is 0 Å². The van der Waals surface area contributed by atoms with Gasteiger partial charge < -0.3 is 5.32 Å². The third-order valence-electron chi connectivity index (χ3n) is 5.42. The lowest BCUT2D eigenvalue weighted by Gasteiger charge is -2.33. The second-order valence-electron chi connectivity index (χ2n) is 7.61. The van der Waals surface area contributed by atoms with Crippen molar-refractivity contribution in [2.45, 2.75) is 43.0 Å². The maximum atomic E-state index is 12.8. The summed E-state index contributed by atoms with van der Waals surface area (Å²) in [7, 11) is -3.69. The standard InChI is InChI=1S/C19H26Cl2N4O4S/c20-16-7-6-15(12-17(16)21)30(28,29)25-10-8-24(9-11-25)13-18(26)23-19(27)22-14-4-2-1-3-5-14/h6-7,12,14H,1-5,8-11,13H2,(H2,22,23,26,27). The number of carbonyl (C=O) groups is 2. The average molecular weight is 477 g/mol. The van der Waals surface area contributed by atoms with Gasteiger partial charge >= 0.3 is 6.03 Å². The summed E-state index contributed by atoms with van der Waals surface area (Å²) in [6, 6.07) is 3.88. The maximum absolute atomic E-state index is 12.8. The van der Waals surface area contributed by atoms with E-state index in [9.17, 15) is 18.0 Å². The molecule has 2 fully saturated rings. The van der Waals surface area contributed by atoms with Crippen LogP contribution in [0, 0.1) is 0 Å². The zero-order chi connectivity index (χ0) is 21.7. The molecule has 0 aromatic heterocycles. The van der Waals surface area contributed by atoms with Crippen molar-refractivity contribution in [3.05, 3.63) is 28.2 Å². The first-order valence-electron chi connectivity index (χ1n) is 10.0. The molecule has 2 aliphatic rings. The van der Waals surface area contributed by atoms with Crippen molar-refractivity contribution < 1.29 is 18.0 Å². The Labute approximate surface area is 186 Å². The summed E-state index contributed by atoms with van der Waals surface area (Å²) < 4.78 is 26.9. The fourth-order valence-corrected chi connectivity index (χ4v) is 5.56. The summed E-state index contributed by atoms with van der Waals surface area (Å²) in [4.78, 5) is 26.1. The van der Waals surface area contributed by atoms with Crippen molar-refractivity contribution in [3.63, 3.8) is 0 Å². The van der Waals surface area contributed by atoms with E-state index < -0.39 is 22.0 Å². The minimum atomic E-state index is -3.69. The predicted octanol–water partition coefficient (Wildman–Crippen LogP) is 2.46. The molecule has 1 saturated carbocycles. The molecule has 0 radical (unpaired) electrons. The summed E-state index contributed by atoms with van der Waals surface area (Å²) >= 11 is 11.8. The highest BCUT2D eigenvalue weighted by molar-refractivity contribution is 7.89. The van der Waals surface area contributed by atoms with Crippen LogP contribution < -0.4 is 10.6 Å². The molecule has 1 aromatic carbocycles. The Morgan fingerprint density at radius 2 is 1.67 bits per heavy atom. The molecule has 0 unspecified atom stereocenters. The van der Waals surface area contributed by atoms with E-state index in [1.54, 1.807) is 0 Å². The van der Waals surface area contributed by atoms with Gasteiger partial charge in [-0.1, -0.05) is 42.5 Å². The smallest absolute Gasteiger partial charge is 0.321 e. The zero-order valence-corrected chi connectivity index (χ0v) is 18.9. The van der Waals surface area contributed by atoms with Gasteiger partial charge in [0.25, 0.3) is 0 Å². The molecule has 3 rings (SSSR count). The van der Waals surface area contributed by atoms with Crippen LogP contribution in [-0.4, -0.2) is 68.3 Å². The number of halogens is 2. The van der Waals surface area contributed by atoms with E-state index >= 15 is 0 Å². The molecule has 1 saturated heterocycles. The van der Waals surface area contributed by atoms with E-state index in [2.05, 4.69) is 10.6 Å². The number of hydrogen-bond donors (Lipinski definition) is 2. The van der Waals surface area contributed by atoms with Crippen LogP contribution in [0.25, 0.3) is 0 Å². The number of nitrogens with one attached hydrogen (secondary N) is 2. The molecular weight excluding hydrogens is 451 g/mol. The predicted molar refractivity (Wildman–Crippen MR) is 115 cm³/mol. The second kappa shape index (κ2) is 10.3. The molecule has 0 atom stereocenters. The summed E-state index contributed by atoms with van der Waals surface area (Å²) in [5, 5.41) is 5.68. The van der Waals surface area contributed by atoms with E-state index in [0.29, 0.717) is 18.1 Å². The van der Waals surface area contributed by atoms with Gasteiger partial charge in [0.2, 0.25) is 15.9 Å². The van der Waals surface area contributed by atoms with Gasteiger partial charge in [0.05, 0.1) is 21.5 Å². The normalized spacial score (nSPS) is 19.4. The number of amides is 3. The molecule has 30 heavy (non-hydrogen) atoms. The zero-order valence-electron chi connectivity index (χ0n) is 16.6. The van der Waals surface area contributed by atoms with Gasteiger partial charge in [-0.2, -0.15) is 4.31 Å². The Morgan fingerprint density at radius 1 is 1.00 bits per heavy atom. The number of piperazine rings is 1. The van der Waals surface area contributed by atoms with E-state index in [0.717, 1.165) is 25.7 Å². The van der Waals surface area contributed by atoms with Gasteiger partial charge in [0, 0.05) is 32.2 Å². The molecule has 1 aliphatic heterocycles. The van der Waals surface area contributed by atoms with Gasteiger partial charge in [-0.25, -0.2) is 13.2 Å². The van der Waals surface area contributed by atoms with E-state index in [-0.39, 0.29) is 35.6 Å². The van der Waals surface area contributed by atoms with Crippen molar-refractivity contribution in [1.82, 2.24) is 19.8 Å². The number of benzene rings is 1. The Morgan fingerprint density at radius 3 is 2.30 bits per heavy atom. The summed E-state index contributed by atoms with van der Waals surface area (Å²) in [5.74, 6) is -0.399. The largest absolute Gasteiger partial charge is 0.335 e. The van der Waals surface area contributed by atoms with Crippen molar-refractivity contribution in [2.24, 2.45) is 0 Å². The molecule has 1 aliphatic carbocycles. The molecule has 0 bridgehead atoms. The van der Waals surface area contributed by atoms with Gasteiger partial charge in [-0.05, 0) is 31.0 Å². The molecule has 0 spiro atoms. The van der Waals surface area contributed by atoms with Gasteiger partial charge in [0.1, 0.15) is 0 Å². The van der Waals surface area contributed by atoms with Crippen molar-refractivity contribution in [2.75, 3.05) is 32.7 Å². The maximum Gasteiger partial charge on any atom is 0.321 e. The lowest BCUT2D eigenvalue weighted by molar-refractivity contribution is -0.121. The first-order chi connectivity index (χ1) is 14.3. The third kappa shape index (κ3) is 6.07. The fourth-order valence-electron chi connectivity index (χ4n) is 3.75. The Balaban J connectivity index is 1.46. The van der Waals surface area contributed by atoms with Crippen LogP contribution in [0.3, 0.4) is 0 Å². The summed E-state index contributed by atoms with van der Waals surface area (Å²) in [6.45, 7) is 1.30. The molecule has 3 amide bonds. The van der Waals surface area contributed by atoms with Gasteiger partial charge in [0.15, 0.2) is 0 Å². The Hall–Kier alpha value is -1.39. The van der Waals surface area contributed by atoms with Crippen LogP contribution in [0.5, 0.6) is 0 Å². The first kappa shape index (κ1) is 23.3. The highest BCUT2D eigenvalue weighted by atomic mass is 35.5. The van der Waals surface area contributed by atoms with E-state index in [1.807, 2.05) is 4.90 Å². The first-order valence-corrected chi connectivity index (χ1v) is 12.2. The molecule has 8 nitrogen and oxygen atoms in total. The molecular formula is C19H26Cl2N4O4S. The Bertz CT molecular complexity index is 883. The van der Waals surface area contributed by atoms with E-state index in [1.165, 1.54) is 28.9 Å². The highest BCUT2D eigenvalue weighted by Crippen LogP contribution is 2.27. The van der Waals surface area contributed by atoms with Crippen LogP contribution >= 0.6 is 23.2 Å². The topological polar surface area (TPSA) is 98.8 Å². The number of rotatable bonds is 5. The van der Waals surface area contributed by atoms with Crippen LogP contribution in [0.1, 0.15) is 32.1 Å². The van der Waals surface area contributed by atoms with Crippen molar-refractivity contribution >= 4 is 45.2 Å². The second-order valence-corrected chi connectivity index (χ2v) is 10.4. The SMILES string of the molecule is O=C(CN1CCN(S(=O)(=O)c2ccc(Cl)c(Cl)c2)CC1)NC(=O)NC1CCCCC1. The average Bonchev–Trinajstić information content (AvgIpc) is 2.71. The molecule has 1 heterocycles. The van der Waals surface area contributed by atoms with Crippen LogP contribution in [-0.2, 0) is 14.8 Å². The number of hydrogen-bond acceptors (Lipinski definition) is 5. The highest BCUT2D eigenvalue weighted by Gasteiger charge is 2.29. The van der Waals surface area contributed by atoms with Crippen LogP contribution in [0.2, 0.25) is 10.0 Å². The molecule has 166 valence electrons. The number of sulfonamides is 1. The summed E-state index contributed by atoms with van der Waals surface area (Å²) in [5.41, 5.74) is 0. The molecule has 1 aromatic rings. The number of imide groups is 1. The molecule has 2 N–H and O–H groups in total. The minimum Gasteiger partial charge on any atom is -0.335 e. The van der Waals surface area contributed by atoms with Gasteiger partial charge in [-0.15, -0.1) is 0 Å². The fraction of sp³-hybridized carbons (Fsp3) is 0.579. The van der Waals surface area contributed by atoms with Crippen LogP contribution in [0.4, 0.5) is 4.79 Å². The molecule has 11 heteroatoms. The van der Waals surface area contributed by atoms with Gasteiger partial charge in [-0.3, -0.25) is 15.0 Å². The third-order valence-corrected chi connectivity index (χ3v) is 8.05. The minimum absolute atomic E-state index is 0.0404. The monoisotopic (exact) mass is 476 g/mol. The summed E-state index contributed by atoms with van der Waals surface area (Å²) in [6.07, 6.45) is 5.25. The lowest BCUT2D eigenvalue weighted by atomic mass is 9.96. The number of carbonyl (C=O) groups excluding carboxylic acids is 2. The van der Waals surface area contributed by atoms with Crippen molar-refractivity contribution in [3.8, 4) is 0 Å². The van der Waals surface area contributed by atoms with E-state index in [4.69, 9.17) is 23.2 Å². The quantitative estimate of drug-likeness (QED) is 0.679. The number of urea groups is 1. The lowest BCUT2D eigenvalue weighted by Crippen LogP contribution is -2.52. The van der Waals surface area contributed by atoms with Crippen LogP contribution in [0.15, 0.2) is 23.1 Å². The number of nitrogens with zero attached hydrogens (tertiary/aromatic N) is 2.